The number of rotatable bonds is 4. The Balaban J connectivity index is 1.60. The number of fused-ring (bicyclic) bond motifs is 1. The molecule has 0 fully saturated rings. The van der Waals surface area contributed by atoms with Crippen LogP contribution >= 0.6 is 0 Å². The molecule has 102 valence electrons. The van der Waals surface area contributed by atoms with Crippen LogP contribution in [0.1, 0.15) is 41.5 Å². The summed E-state index contributed by atoms with van der Waals surface area (Å²) < 4.78 is 2.31. The summed E-state index contributed by atoms with van der Waals surface area (Å²) in [6.45, 7) is 7.11. The zero-order valence-corrected chi connectivity index (χ0v) is 11.6. The van der Waals surface area contributed by atoms with Gasteiger partial charge in [-0.15, -0.1) is 0 Å². The smallest absolute Gasteiger partial charge is 0.113 e. The van der Waals surface area contributed by atoms with Gasteiger partial charge in [0, 0.05) is 43.0 Å². The van der Waals surface area contributed by atoms with Crippen molar-refractivity contribution in [1.82, 2.24) is 25.1 Å². The van der Waals surface area contributed by atoms with Crippen molar-refractivity contribution in [2.45, 2.75) is 45.7 Å². The molecular formula is C14H21N5. The van der Waals surface area contributed by atoms with E-state index < -0.39 is 0 Å². The van der Waals surface area contributed by atoms with Crippen molar-refractivity contribution < 1.29 is 0 Å². The van der Waals surface area contributed by atoms with Crippen molar-refractivity contribution in [1.29, 1.82) is 0 Å². The second kappa shape index (κ2) is 5.17. The number of aromatic nitrogens is 4. The van der Waals surface area contributed by atoms with E-state index in [4.69, 9.17) is 0 Å². The Kier molecular flexibility index (Phi) is 3.38. The van der Waals surface area contributed by atoms with Crippen LogP contribution in [0, 0.1) is 13.8 Å². The zero-order chi connectivity index (χ0) is 13.2. The van der Waals surface area contributed by atoms with Gasteiger partial charge >= 0.3 is 0 Å². The first kappa shape index (κ1) is 12.4. The van der Waals surface area contributed by atoms with E-state index in [9.17, 15) is 0 Å². The average Bonchev–Trinajstić information content (AvgIpc) is 2.95. The van der Waals surface area contributed by atoms with Gasteiger partial charge in [-0.3, -0.25) is 5.10 Å². The monoisotopic (exact) mass is 259 g/mol. The Morgan fingerprint density at radius 2 is 2.37 bits per heavy atom. The minimum atomic E-state index is 0.537. The van der Waals surface area contributed by atoms with Crippen molar-refractivity contribution in [3.8, 4) is 0 Å². The van der Waals surface area contributed by atoms with Gasteiger partial charge in [-0.1, -0.05) is 0 Å². The molecule has 2 aromatic rings. The Labute approximate surface area is 113 Å². The highest BCUT2D eigenvalue weighted by atomic mass is 15.1. The summed E-state index contributed by atoms with van der Waals surface area (Å²) in [5.74, 6) is 1.79. The molecule has 0 amide bonds. The lowest BCUT2D eigenvalue weighted by Crippen LogP contribution is -2.26. The SMILES string of the molecule is Cc1cn2c(n1)C(CNCc1cn[nH]c1C)CCC2. The fraction of sp³-hybridized carbons (Fsp3) is 0.571. The molecule has 0 aromatic carbocycles. The summed E-state index contributed by atoms with van der Waals surface area (Å²) in [5, 5.41) is 10.5. The zero-order valence-electron chi connectivity index (χ0n) is 11.6. The molecule has 0 spiro atoms. The number of hydrogen-bond donors (Lipinski definition) is 2. The van der Waals surface area contributed by atoms with E-state index in [2.05, 4.69) is 45.1 Å². The van der Waals surface area contributed by atoms with Crippen LogP contribution in [-0.4, -0.2) is 26.3 Å². The van der Waals surface area contributed by atoms with Crippen molar-refractivity contribution in [3.63, 3.8) is 0 Å². The van der Waals surface area contributed by atoms with Crippen molar-refractivity contribution in [2.75, 3.05) is 6.54 Å². The number of H-pyrrole nitrogens is 1. The Morgan fingerprint density at radius 1 is 1.47 bits per heavy atom. The van der Waals surface area contributed by atoms with Gasteiger partial charge in [-0.2, -0.15) is 5.10 Å². The predicted molar refractivity (Wildman–Crippen MR) is 74.0 cm³/mol. The molecule has 3 rings (SSSR count). The number of aryl methyl sites for hydroxylation is 3. The van der Waals surface area contributed by atoms with E-state index in [-0.39, 0.29) is 0 Å². The van der Waals surface area contributed by atoms with E-state index in [1.807, 2.05) is 6.20 Å². The minimum Gasteiger partial charge on any atom is -0.334 e. The van der Waals surface area contributed by atoms with Crippen LogP contribution in [0.4, 0.5) is 0 Å². The van der Waals surface area contributed by atoms with Gasteiger partial charge in [0.05, 0.1) is 11.9 Å². The highest BCUT2D eigenvalue weighted by Crippen LogP contribution is 2.26. The molecule has 1 aliphatic rings. The number of imidazole rings is 1. The Bertz CT molecular complexity index is 554. The third-order valence-electron chi connectivity index (χ3n) is 3.89. The van der Waals surface area contributed by atoms with Gasteiger partial charge in [0.25, 0.3) is 0 Å². The predicted octanol–water partition coefficient (Wildman–Crippen LogP) is 1.89. The van der Waals surface area contributed by atoms with Gasteiger partial charge in [-0.05, 0) is 26.7 Å². The maximum absolute atomic E-state index is 4.67. The molecule has 2 N–H and O–H groups in total. The maximum atomic E-state index is 4.67. The molecule has 2 aromatic heterocycles. The van der Waals surface area contributed by atoms with Crippen LogP contribution in [0.15, 0.2) is 12.4 Å². The van der Waals surface area contributed by atoms with Gasteiger partial charge in [0.2, 0.25) is 0 Å². The van der Waals surface area contributed by atoms with Crippen LogP contribution in [0.3, 0.4) is 0 Å². The first-order valence-electron chi connectivity index (χ1n) is 6.97. The van der Waals surface area contributed by atoms with Gasteiger partial charge in [0.15, 0.2) is 0 Å². The van der Waals surface area contributed by atoms with Crippen LogP contribution in [0.5, 0.6) is 0 Å². The van der Waals surface area contributed by atoms with Gasteiger partial charge in [-0.25, -0.2) is 4.98 Å². The Morgan fingerprint density at radius 3 is 3.16 bits per heavy atom. The topological polar surface area (TPSA) is 58.5 Å². The molecule has 1 unspecified atom stereocenters. The molecule has 3 heterocycles. The lowest BCUT2D eigenvalue weighted by Gasteiger charge is -2.23. The molecule has 0 saturated heterocycles. The third kappa shape index (κ3) is 2.56. The lowest BCUT2D eigenvalue weighted by molar-refractivity contribution is 0.423. The summed E-state index contributed by atoms with van der Waals surface area (Å²) >= 11 is 0. The molecule has 0 aliphatic carbocycles. The molecule has 0 radical (unpaired) electrons. The quantitative estimate of drug-likeness (QED) is 0.881. The van der Waals surface area contributed by atoms with Gasteiger partial charge in [0.1, 0.15) is 5.82 Å². The van der Waals surface area contributed by atoms with E-state index >= 15 is 0 Å². The molecule has 19 heavy (non-hydrogen) atoms. The first-order valence-corrected chi connectivity index (χ1v) is 6.97. The third-order valence-corrected chi connectivity index (χ3v) is 3.89. The molecule has 5 nitrogen and oxygen atoms in total. The lowest BCUT2D eigenvalue weighted by atomic mass is 9.99. The summed E-state index contributed by atoms with van der Waals surface area (Å²) in [6.07, 6.45) is 6.55. The number of aromatic amines is 1. The average molecular weight is 259 g/mol. The van der Waals surface area contributed by atoms with Gasteiger partial charge < -0.3 is 9.88 Å². The summed E-state index contributed by atoms with van der Waals surface area (Å²) in [5.41, 5.74) is 3.52. The van der Waals surface area contributed by atoms with Crippen LogP contribution in [0.25, 0.3) is 0 Å². The summed E-state index contributed by atoms with van der Waals surface area (Å²) in [7, 11) is 0. The van der Waals surface area contributed by atoms with E-state index in [1.54, 1.807) is 0 Å². The highest BCUT2D eigenvalue weighted by molar-refractivity contribution is 5.14. The molecule has 1 atom stereocenters. The Hall–Kier alpha value is -1.62. The fourth-order valence-electron chi connectivity index (χ4n) is 2.84. The second-order valence-electron chi connectivity index (χ2n) is 5.42. The molecule has 0 saturated carbocycles. The normalized spacial score (nSPS) is 18.5. The fourth-order valence-corrected chi connectivity index (χ4v) is 2.84. The summed E-state index contributed by atoms with van der Waals surface area (Å²) in [6, 6.07) is 0. The maximum Gasteiger partial charge on any atom is 0.113 e. The molecule has 5 heteroatoms. The number of nitrogens with one attached hydrogen (secondary N) is 2. The van der Waals surface area contributed by atoms with Crippen molar-refractivity contribution >= 4 is 0 Å². The van der Waals surface area contributed by atoms with E-state index in [0.717, 1.165) is 31.0 Å². The number of nitrogens with zero attached hydrogens (tertiary/aromatic N) is 3. The number of hydrogen-bond acceptors (Lipinski definition) is 3. The second-order valence-corrected chi connectivity index (χ2v) is 5.42. The molecular weight excluding hydrogens is 238 g/mol. The van der Waals surface area contributed by atoms with Crippen molar-refractivity contribution in [2.24, 2.45) is 0 Å². The summed E-state index contributed by atoms with van der Waals surface area (Å²) in [4.78, 5) is 4.67. The van der Waals surface area contributed by atoms with E-state index in [1.165, 1.54) is 24.2 Å². The van der Waals surface area contributed by atoms with Crippen LogP contribution in [0.2, 0.25) is 0 Å². The largest absolute Gasteiger partial charge is 0.334 e. The highest BCUT2D eigenvalue weighted by Gasteiger charge is 2.21. The standard InChI is InChI=1S/C14H21N5/c1-10-9-19-5-3-4-12(14(19)17-10)6-15-7-13-8-16-18-11(13)2/h8-9,12,15H,3-7H2,1-2H3,(H,16,18). The van der Waals surface area contributed by atoms with Crippen LogP contribution in [-0.2, 0) is 13.1 Å². The molecule has 1 aliphatic heterocycles. The van der Waals surface area contributed by atoms with Crippen LogP contribution < -0.4 is 5.32 Å². The molecule has 0 bridgehead atoms. The van der Waals surface area contributed by atoms with E-state index in [0.29, 0.717) is 5.92 Å². The first-order chi connectivity index (χ1) is 9.24. The van der Waals surface area contributed by atoms with Crippen molar-refractivity contribution in [3.05, 3.63) is 35.2 Å². The minimum absolute atomic E-state index is 0.537.